The summed E-state index contributed by atoms with van der Waals surface area (Å²) in [6.45, 7) is 0. The maximum Gasteiger partial charge on any atom is 0.180 e. The molecule has 0 saturated heterocycles. The van der Waals surface area contributed by atoms with E-state index in [9.17, 15) is 0 Å². The van der Waals surface area contributed by atoms with E-state index in [0.717, 1.165) is 5.69 Å². The van der Waals surface area contributed by atoms with Crippen molar-refractivity contribution in [1.29, 1.82) is 0 Å². The largest absolute Gasteiger partial charge is 0.309 e. The third-order valence-electron chi connectivity index (χ3n) is 21.9. The first-order chi connectivity index (χ1) is 50.5. The van der Waals surface area contributed by atoms with Crippen LogP contribution in [0.2, 0.25) is 0 Å². The average molecular weight is 1310 g/mol. The summed E-state index contributed by atoms with van der Waals surface area (Å²) in [5, 5.41) is 18.2. The van der Waals surface area contributed by atoms with Gasteiger partial charge in [0.05, 0.1) is 11.0 Å². The summed E-state index contributed by atoms with van der Waals surface area (Å²) in [7, 11) is -2.99. The fourth-order valence-electron chi connectivity index (χ4n) is 16.9. The summed E-state index contributed by atoms with van der Waals surface area (Å²) in [5.74, 6) is 0. The molecule has 1 aliphatic heterocycles. The molecule has 0 radical (unpaired) electrons. The summed E-state index contributed by atoms with van der Waals surface area (Å²) in [4.78, 5) is 0. The maximum atomic E-state index is 2.57. The van der Waals surface area contributed by atoms with E-state index in [-0.39, 0.29) is 0 Å². The van der Waals surface area contributed by atoms with Crippen LogP contribution in [0.25, 0.3) is 171 Å². The highest BCUT2D eigenvalue weighted by Gasteiger charge is 2.49. The normalized spacial score (nSPS) is 12.4. The summed E-state index contributed by atoms with van der Waals surface area (Å²) in [6.07, 6.45) is 0. The second-order valence-electron chi connectivity index (χ2n) is 27.4. The van der Waals surface area contributed by atoms with Gasteiger partial charge in [-0.15, -0.1) is 0 Å². The molecule has 1 aromatic heterocycles. The molecule has 474 valence electrons. The Bertz CT molecular complexity index is 6170. The van der Waals surface area contributed by atoms with Crippen molar-refractivity contribution in [2.45, 2.75) is 0 Å². The SMILES string of the molecule is c1ccc(-c2ccc(-c3ccc4c(c3)[Si](c3ccccc3)(c3ccccc3)c3cc(-n5c6ccc(-c7ccc(-c8ccc(-c9cc%10ccccc%10c%10ccccc9%10)cc8)cc7)cc6c6cc(-c7ccc(-c8ccc(-c9cc%10ccccc%10c%10ccccc9%10)cc8)cc7)ccc65)ccc3-4)cc2)cc1. The van der Waals surface area contributed by atoms with Crippen LogP contribution in [0, 0.1) is 0 Å². The van der Waals surface area contributed by atoms with E-state index in [2.05, 4.69) is 399 Å². The van der Waals surface area contributed by atoms with E-state index in [1.54, 1.807) is 0 Å². The third-order valence-corrected chi connectivity index (χ3v) is 26.8. The molecule has 0 saturated carbocycles. The molecule has 20 rings (SSSR count). The highest BCUT2D eigenvalue weighted by Crippen LogP contribution is 2.43. The van der Waals surface area contributed by atoms with Crippen LogP contribution < -0.4 is 20.7 Å². The Morgan fingerprint density at radius 3 is 0.882 bits per heavy atom. The molecule has 0 N–H and O–H groups in total. The molecule has 2 heteroatoms. The van der Waals surface area contributed by atoms with Crippen molar-refractivity contribution in [3.8, 4) is 106 Å². The van der Waals surface area contributed by atoms with Gasteiger partial charge in [-0.25, -0.2) is 0 Å². The molecule has 0 aliphatic carbocycles. The number of hydrogen-bond acceptors (Lipinski definition) is 0. The van der Waals surface area contributed by atoms with Gasteiger partial charge in [-0.3, -0.25) is 0 Å². The molecule has 0 amide bonds. The first kappa shape index (κ1) is 59.1. The van der Waals surface area contributed by atoms with Crippen LogP contribution >= 0.6 is 0 Å². The highest BCUT2D eigenvalue weighted by atomic mass is 28.3. The molecule has 0 fully saturated rings. The molecule has 1 aliphatic rings. The topological polar surface area (TPSA) is 4.93 Å². The molecule has 0 atom stereocenters. The van der Waals surface area contributed by atoms with E-state index in [4.69, 9.17) is 0 Å². The van der Waals surface area contributed by atoms with Crippen molar-refractivity contribution in [3.05, 3.63) is 394 Å². The van der Waals surface area contributed by atoms with Crippen molar-refractivity contribution in [1.82, 2.24) is 4.57 Å². The number of aromatic nitrogens is 1. The van der Waals surface area contributed by atoms with Crippen LogP contribution in [-0.2, 0) is 0 Å². The molecule has 2 heterocycles. The van der Waals surface area contributed by atoms with Gasteiger partial charge < -0.3 is 4.57 Å². The zero-order chi connectivity index (χ0) is 67.2. The number of nitrogens with zero attached hydrogens (tertiary/aromatic N) is 1. The summed E-state index contributed by atoms with van der Waals surface area (Å²) < 4.78 is 2.54. The molecular formula is C100H65NSi. The van der Waals surface area contributed by atoms with Gasteiger partial charge in [-0.05, 0) is 213 Å². The molecule has 18 aromatic carbocycles. The smallest absolute Gasteiger partial charge is 0.180 e. The van der Waals surface area contributed by atoms with Crippen LogP contribution in [0.15, 0.2) is 394 Å². The Hall–Kier alpha value is -13.0. The van der Waals surface area contributed by atoms with Gasteiger partial charge in [0.25, 0.3) is 0 Å². The molecule has 1 nitrogen and oxygen atoms in total. The fourth-order valence-corrected chi connectivity index (χ4v) is 22.2. The number of benzene rings is 18. The van der Waals surface area contributed by atoms with E-state index >= 15 is 0 Å². The number of hydrogen-bond donors (Lipinski definition) is 0. The minimum absolute atomic E-state index is 1.15. The first-order valence-electron chi connectivity index (χ1n) is 35.4. The lowest BCUT2D eigenvalue weighted by Gasteiger charge is -2.32. The van der Waals surface area contributed by atoms with Gasteiger partial charge in [-0.1, -0.05) is 346 Å². The van der Waals surface area contributed by atoms with Crippen LogP contribution in [0.1, 0.15) is 0 Å². The predicted molar refractivity (Wildman–Crippen MR) is 437 cm³/mol. The standard InChI is InChI=1S/C100H65NSi/c1-4-18-66(19-5-1)67-32-42-74(43-33-67)79-52-56-91-92-57-55-82(65-100(92)102(99(91)64-79,83-22-6-2-7-23-83)84-24-8-3-9-25-84)101-97-58-53-77(72-38-34-68(35-39-72)70-44-48-75(49-45-70)93-62-80-20-10-12-26-85(80)87-28-14-16-30-89(87)93)60-95(97)96-61-78(54-59-98(96)101)73-40-36-69(37-41-73)71-46-50-76(51-47-71)94-63-81-21-11-13-27-86(81)88-29-15-17-31-90(88)94/h1-65H. The van der Waals surface area contributed by atoms with Crippen molar-refractivity contribution in [2.24, 2.45) is 0 Å². The first-order valence-corrected chi connectivity index (χ1v) is 37.4. The minimum atomic E-state index is -2.99. The van der Waals surface area contributed by atoms with E-state index in [0.29, 0.717) is 0 Å². The van der Waals surface area contributed by atoms with Crippen molar-refractivity contribution in [3.63, 3.8) is 0 Å². The predicted octanol–water partition coefficient (Wildman–Crippen LogP) is 24.1. The zero-order valence-corrected chi connectivity index (χ0v) is 57.0. The average Bonchev–Trinajstić information content (AvgIpc) is 1.53. The Kier molecular flexibility index (Phi) is 14.0. The Balaban J connectivity index is 0.696. The summed E-state index contributed by atoms with van der Waals surface area (Å²) in [6, 6.07) is 148. The van der Waals surface area contributed by atoms with E-state index < -0.39 is 8.07 Å². The van der Waals surface area contributed by atoms with Crippen molar-refractivity contribution < 1.29 is 0 Å². The molecule has 0 spiro atoms. The minimum Gasteiger partial charge on any atom is -0.309 e. The summed E-state index contributed by atoms with van der Waals surface area (Å²) >= 11 is 0. The van der Waals surface area contributed by atoms with Gasteiger partial charge in [0.15, 0.2) is 8.07 Å². The maximum absolute atomic E-state index is 2.99. The van der Waals surface area contributed by atoms with E-state index in [1.165, 1.54) is 186 Å². The molecule has 102 heavy (non-hydrogen) atoms. The number of fused-ring (bicyclic) bond motifs is 12. The lowest BCUT2D eigenvalue weighted by molar-refractivity contribution is 1.18. The van der Waals surface area contributed by atoms with E-state index in [1.807, 2.05) is 0 Å². The Morgan fingerprint density at radius 2 is 0.461 bits per heavy atom. The van der Waals surface area contributed by atoms with Gasteiger partial charge in [0.2, 0.25) is 0 Å². The van der Waals surface area contributed by atoms with Crippen LogP contribution in [-0.4, -0.2) is 12.6 Å². The molecule has 0 unspecified atom stereocenters. The van der Waals surface area contributed by atoms with Crippen LogP contribution in [0.3, 0.4) is 0 Å². The van der Waals surface area contributed by atoms with Gasteiger partial charge in [0.1, 0.15) is 0 Å². The van der Waals surface area contributed by atoms with Gasteiger partial charge >= 0.3 is 0 Å². The third kappa shape index (κ3) is 9.75. The van der Waals surface area contributed by atoms with Gasteiger partial charge in [-0.2, -0.15) is 0 Å². The van der Waals surface area contributed by atoms with Gasteiger partial charge in [0, 0.05) is 16.5 Å². The summed E-state index contributed by atoms with van der Waals surface area (Å²) in [5.41, 5.74) is 25.4. The van der Waals surface area contributed by atoms with Crippen LogP contribution in [0.5, 0.6) is 0 Å². The lowest BCUT2D eigenvalue weighted by Crippen LogP contribution is -2.72. The molecular weight excluding hydrogens is 1240 g/mol. The van der Waals surface area contributed by atoms with Crippen LogP contribution in [0.4, 0.5) is 0 Å². The van der Waals surface area contributed by atoms with Crippen molar-refractivity contribution >= 4 is 93.7 Å². The highest BCUT2D eigenvalue weighted by molar-refractivity contribution is 7.22. The molecule has 0 bridgehead atoms. The monoisotopic (exact) mass is 1310 g/mol. The zero-order valence-electron chi connectivity index (χ0n) is 56.0. The van der Waals surface area contributed by atoms with Crippen molar-refractivity contribution in [2.75, 3.05) is 0 Å². The number of rotatable bonds is 11. The fraction of sp³-hybridized carbons (Fsp3) is 0. The lowest BCUT2D eigenvalue weighted by atomic mass is 9.92. The Labute approximate surface area is 594 Å². The quantitative estimate of drug-likeness (QED) is 0.0898. The Morgan fingerprint density at radius 1 is 0.167 bits per heavy atom. The second kappa shape index (κ2) is 24.2. The second-order valence-corrected chi connectivity index (χ2v) is 31.1. The molecule has 19 aromatic rings.